The highest BCUT2D eigenvalue weighted by atomic mass is 35.5. The van der Waals surface area contributed by atoms with Gasteiger partial charge in [0, 0.05) is 55.5 Å². The van der Waals surface area contributed by atoms with Gasteiger partial charge in [0.1, 0.15) is 30.5 Å². The second kappa shape index (κ2) is 19.1. The van der Waals surface area contributed by atoms with Crippen molar-refractivity contribution in [1.29, 1.82) is 0 Å². The van der Waals surface area contributed by atoms with Crippen molar-refractivity contribution in [2.45, 2.75) is 39.7 Å². The Morgan fingerprint density at radius 3 is 2.19 bits per heavy atom. The van der Waals surface area contributed by atoms with Crippen LogP contribution < -0.4 is 18.9 Å². The Morgan fingerprint density at radius 1 is 0.830 bits per heavy atom. The first-order valence-electron chi connectivity index (χ1n) is 17.2. The van der Waals surface area contributed by atoms with Crippen LogP contribution in [0.25, 0.3) is 6.08 Å². The molecule has 1 aliphatic rings. The number of rotatable bonds is 14. The smallest absolute Gasteiger partial charge is 0.246 e. The molecule has 276 valence electrons. The second-order valence-electron chi connectivity index (χ2n) is 12.7. The number of ether oxygens (including phenoxy) is 4. The molecular weight excluding hydrogens is 716 g/mol. The van der Waals surface area contributed by atoms with E-state index in [2.05, 4.69) is 34.1 Å². The monoisotopic (exact) mass is 757 g/mol. The van der Waals surface area contributed by atoms with Crippen molar-refractivity contribution in [3.63, 3.8) is 0 Å². The topological polar surface area (TPSA) is 73.4 Å². The van der Waals surface area contributed by atoms with Crippen LogP contribution in [0.2, 0.25) is 5.02 Å². The zero-order valence-corrected chi connectivity index (χ0v) is 31.2. The molecule has 5 aromatic rings. The van der Waals surface area contributed by atoms with E-state index in [1.165, 1.54) is 30.0 Å². The zero-order valence-electron chi connectivity index (χ0n) is 29.6. The fourth-order valence-corrected chi connectivity index (χ4v) is 5.75. The Kier molecular flexibility index (Phi) is 14.1. The molecule has 53 heavy (non-hydrogen) atoms. The molecule has 6 rings (SSSR count). The third-order valence-corrected chi connectivity index (χ3v) is 8.73. The summed E-state index contributed by atoms with van der Waals surface area (Å²) < 4.78 is 37.9. The molecule has 4 aromatic carbocycles. The number of aromatic nitrogens is 1. The molecule has 11 heteroatoms. The van der Waals surface area contributed by atoms with Gasteiger partial charge in [0.15, 0.2) is 11.6 Å². The molecule has 0 aliphatic carbocycles. The van der Waals surface area contributed by atoms with E-state index in [0.29, 0.717) is 42.6 Å². The van der Waals surface area contributed by atoms with E-state index in [9.17, 15) is 9.18 Å². The fourth-order valence-electron chi connectivity index (χ4n) is 5.56. The van der Waals surface area contributed by atoms with Gasteiger partial charge in [0.25, 0.3) is 0 Å². The van der Waals surface area contributed by atoms with E-state index in [1.54, 1.807) is 30.3 Å². The van der Waals surface area contributed by atoms with Crippen molar-refractivity contribution in [2.75, 3.05) is 26.2 Å². The van der Waals surface area contributed by atoms with Crippen LogP contribution in [-0.2, 0) is 24.6 Å². The normalized spacial score (nSPS) is 13.1. The number of carbonyl (C=O) groups is 1. The van der Waals surface area contributed by atoms with Crippen molar-refractivity contribution in [1.82, 2.24) is 14.8 Å². The number of benzene rings is 4. The maximum absolute atomic E-state index is 14.9. The average molecular weight is 759 g/mol. The van der Waals surface area contributed by atoms with Gasteiger partial charge in [-0.25, -0.2) is 9.37 Å². The van der Waals surface area contributed by atoms with Gasteiger partial charge in [-0.3, -0.25) is 9.69 Å². The molecular formula is C42H42Cl2FN3O5. The molecule has 1 saturated heterocycles. The molecule has 1 aliphatic heterocycles. The van der Waals surface area contributed by atoms with E-state index in [4.69, 9.17) is 30.5 Å². The summed E-state index contributed by atoms with van der Waals surface area (Å²) in [7, 11) is 0. The highest BCUT2D eigenvalue weighted by Crippen LogP contribution is 2.26. The van der Waals surface area contributed by atoms with Crippen molar-refractivity contribution < 1.29 is 28.1 Å². The van der Waals surface area contributed by atoms with Gasteiger partial charge >= 0.3 is 0 Å². The summed E-state index contributed by atoms with van der Waals surface area (Å²) in [5.74, 6) is 1.74. The molecule has 8 nitrogen and oxygen atoms in total. The lowest BCUT2D eigenvalue weighted by Crippen LogP contribution is -2.47. The van der Waals surface area contributed by atoms with E-state index < -0.39 is 5.82 Å². The molecule has 1 amide bonds. The minimum atomic E-state index is -0.563. The lowest BCUT2D eigenvalue weighted by Gasteiger charge is -2.34. The average Bonchev–Trinajstić information content (AvgIpc) is 3.15. The van der Waals surface area contributed by atoms with Gasteiger partial charge in [0.05, 0.1) is 12.3 Å². The van der Waals surface area contributed by atoms with Crippen LogP contribution in [0, 0.1) is 5.82 Å². The molecule has 0 saturated carbocycles. The van der Waals surface area contributed by atoms with E-state index in [-0.39, 0.29) is 36.0 Å². The lowest BCUT2D eigenvalue weighted by molar-refractivity contribution is -0.127. The molecule has 0 N–H and O–H groups in total. The van der Waals surface area contributed by atoms with Gasteiger partial charge in [0.2, 0.25) is 11.8 Å². The molecule has 2 heterocycles. The van der Waals surface area contributed by atoms with Crippen LogP contribution in [0.15, 0.2) is 115 Å². The van der Waals surface area contributed by atoms with Gasteiger partial charge < -0.3 is 23.8 Å². The van der Waals surface area contributed by atoms with Crippen LogP contribution in [0.3, 0.4) is 0 Å². The summed E-state index contributed by atoms with van der Waals surface area (Å²) in [6.07, 6.45) is 4.75. The molecule has 0 unspecified atom stereocenters. The Labute approximate surface area is 321 Å². The van der Waals surface area contributed by atoms with E-state index in [1.807, 2.05) is 61.2 Å². The summed E-state index contributed by atoms with van der Waals surface area (Å²) in [6.45, 7) is 8.36. The maximum atomic E-state index is 14.9. The first-order chi connectivity index (χ1) is 25.3. The Hall–Kier alpha value is -5.09. The molecule has 1 fully saturated rings. The van der Waals surface area contributed by atoms with Crippen molar-refractivity contribution in [3.8, 4) is 28.9 Å². The van der Waals surface area contributed by atoms with Crippen molar-refractivity contribution in [3.05, 3.63) is 148 Å². The number of hydrogen-bond donors (Lipinski definition) is 0. The summed E-state index contributed by atoms with van der Waals surface area (Å²) in [5, 5.41) is 0.625. The summed E-state index contributed by atoms with van der Waals surface area (Å²) in [5.41, 5.74) is 3.71. The highest BCUT2D eigenvalue weighted by Gasteiger charge is 2.20. The lowest BCUT2D eigenvalue weighted by atomic mass is 10.1. The molecule has 0 radical (unpaired) electrons. The molecule has 0 bridgehead atoms. The van der Waals surface area contributed by atoms with Gasteiger partial charge in [-0.15, -0.1) is 12.4 Å². The number of pyridine rings is 1. The minimum absolute atomic E-state index is 0. The number of piperazine rings is 1. The fraction of sp³-hybridized carbons (Fsp3) is 0.238. The Bertz CT molecular complexity index is 1950. The third kappa shape index (κ3) is 11.7. The standard InChI is InChI=1S/C42H41ClFN3O5.ClH/c1-30(2)51-36-15-13-35(14-16-36)49-28-33-9-7-32(8-10-33)27-46-21-23-47(24-22-46)42(48)20-12-31-11-18-40(39(44)25-31)52-41-19-17-37(26-45-41)50-29-34-5-3-4-6-38(34)43;/h3-20,25-26,30H,21-24,27-29H2,1-2H3;1H. The predicted molar refractivity (Wildman–Crippen MR) is 208 cm³/mol. The Balaban J connectivity index is 0.00000541. The first kappa shape index (κ1) is 39.1. The minimum Gasteiger partial charge on any atom is -0.491 e. The summed E-state index contributed by atoms with van der Waals surface area (Å²) in [4.78, 5) is 21.3. The highest BCUT2D eigenvalue weighted by molar-refractivity contribution is 6.31. The summed E-state index contributed by atoms with van der Waals surface area (Å²) >= 11 is 6.18. The molecule has 0 atom stereocenters. The van der Waals surface area contributed by atoms with Crippen molar-refractivity contribution in [2.24, 2.45) is 0 Å². The van der Waals surface area contributed by atoms with Crippen LogP contribution in [0.5, 0.6) is 28.9 Å². The second-order valence-corrected chi connectivity index (χ2v) is 13.1. The zero-order chi connectivity index (χ0) is 36.3. The number of hydrogen-bond acceptors (Lipinski definition) is 7. The Morgan fingerprint density at radius 2 is 1.51 bits per heavy atom. The van der Waals surface area contributed by atoms with Gasteiger partial charge in [-0.2, -0.15) is 0 Å². The van der Waals surface area contributed by atoms with Crippen LogP contribution in [0.1, 0.15) is 36.1 Å². The van der Waals surface area contributed by atoms with Crippen molar-refractivity contribution >= 4 is 36.0 Å². The summed E-state index contributed by atoms with van der Waals surface area (Å²) in [6, 6.07) is 31.4. The number of carbonyl (C=O) groups excluding carboxylic acids is 1. The third-order valence-electron chi connectivity index (χ3n) is 8.36. The maximum Gasteiger partial charge on any atom is 0.246 e. The van der Waals surface area contributed by atoms with Gasteiger partial charge in [-0.05, 0) is 85.1 Å². The largest absolute Gasteiger partial charge is 0.491 e. The van der Waals surface area contributed by atoms with Crippen LogP contribution >= 0.6 is 24.0 Å². The van der Waals surface area contributed by atoms with Crippen LogP contribution in [-0.4, -0.2) is 53.0 Å². The van der Waals surface area contributed by atoms with E-state index >= 15 is 0 Å². The first-order valence-corrected chi connectivity index (χ1v) is 17.6. The number of halogens is 3. The molecule has 1 aromatic heterocycles. The van der Waals surface area contributed by atoms with E-state index in [0.717, 1.165) is 42.3 Å². The quantitative estimate of drug-likeness (QED) is 0.105. The number of nitrogens with zero attached hydrogens (tertiary/aromatic N) is 3. The van der Waals surface area contributed by atoms with Gasteiger partial charge in [-0.1, -0.05) is 60.1 Å². The predicted octanol–water partition coefficient (Wildman–Crippen LogP) is 9.39. The SMILES string of the molecule is CC(C)Oc1ccc(OCc2ccc(CN3CCN(C(=O)C=Cc4ccc(Oc5ccc(OCc6ccccc6Cl)cn5)c(F)c4)CC3)cc2)cc1.Cl. The molecule has 0 spiro atoms. The van der Waals surface area contributed by atoms with Crippen LogP contribution in [0.4, 0.5) is 4.39 Å². The number of amides is 1.